The van der Waals surface area contributed by atoms with Crippen LogP contribution >= 0.6 is 0 Å². The molecule has 2 rings (SSSR count). The maximum Gasteiger partial charge on any atom is 0.326 e. The van der Waals surface area contributed by atoms with Crippen molar-refractivity contribution in [3.63, 3.8) is 0 Å². The minimum Gasteiger partial charge on any atom is -0.483 e. The lowest BCUT2D eigenvalue weighted by Crippen LogP contribution is -2.46. The van der Waals surface area contributed by atoms with Crippen LogP contribution in [0.1, 0.15) is 13.8 Å². The molecule has 0 saturated heterocycles. The van der Waals surface area contributed by atoms with Crippen LogP contribution in [-0.4, -0.2) is 29.6 Å². The van der Waals surface area contributed by atoms with Crippen molar-refractivity contribution in [3.05, 3.63) is 42.5 Å². The van der Waals surface area contributed by atoms with E-state index in [0.29, 0.717) is 5.75 Å². The number of nitrogens with one attached hydrogen (secondary N) is 1. The summed E-state index contributed by atoms with van der Waals surface area (Å²) in [6, 6.07) is 12.4. The standard InChI is InChI=1S/C17H19NO4/c1-11(2)16(17(20)21)18-15(19)10-22-14-9-5-7-12-6-3-4-8-13(12)14/h3-9,11,16H,10H2,1-2H3,(H,18,19)(H,20,21)/t16-/m0/s1. The smallest absolute Gasteiger partial charge is 0.326 e. The summed E-state index contributed by atoms with van der Waals surface area (Å²) in [5.74, 6) is -1.09. The van der Waals surface area contributed by atoms with E-state index >= 15 is 0 Å². The van der Waals surface area contributed by atoms with Gasteiger partial charge in [0.05, 0.1) is 0 Å². The van der Waals surface area contributed by atoms with Gasteiger partial charge >= 0.3 is 5.97 Å². The number of carbonyl (C=O) groups excluding carboxylic acids is 1. The first-order valence-corrected chi connectivity index (χ1v) is 7.11. The van der Waals surface area contributed by atoms with Gasteiger partial charge in [-0.3, -0.25) is 4.79 Å². The summed E-state index contributed by atoms with van der Waals surface area (Å²) in [6.07, 6.45) is 0. The zero-order valence-electron chi connectivity index (χ0n) is 12.6. The predicted molar refractivity (Wildman–Crippen MR) is 83.8 cm³/mol. The number of benzene rings is 2. The fraction of sp³-hybridized carbons (Fsp3) is 0.294. The van der Waals surface area contributed by atoms with Crippen LogP contribution < -0.4 is 10.1 Å². The van der Waals surface area contributed by atoms with E-state index in [9.17, 15) is 9.59 Å². The molecule has 0 unspecified atom stereocenters. The Hall–Kier alpha value is -2.56. The van der Waals surface area contributed by atoms with Crippen molar-refractivity contribution in [2.24, 2.45) is 5.92 Å². The Morgan fingerprint density at radius 2 is 1.82 bits per heavy atom. The van der Waals surface area contributed by atoms with Crippen LogP contribution in [0, 0.1) is 5.92 Å². The first kappa shape index (κ1) is 15.8. The molecule has 2 aromatic rings. The number of ether oxygens (including phenoxy) is 1. The SMILES string of the molecule is CC(C)[C@H](NC(=O)COc1cccc2ccccc12)C(=O)O. The second-order valence-electron chi connectivity index (χ2n) is 5.39. The van der Waals surface area contributed by atoms with Gasteiger partial charge in [0.2, 0.25) is 0 Å². The zero-order valence-corrected chi connectivity index (χ0v) is 12.6. The number of carboxylic acids is 1. The topological polar surface area (TPSA) is 75.6 Å². The highest BCUT2D eigenvalue weighted by atomic mass is 16.5. The number of hydrogen-bond donors (Lipinski definition) is 2. The van der Waals surface area contributed by atoms with Crippen molar-refractivity contribution in [2.75, 3.05) is 6.61 Å². The van der Waals surface area contributed by atoms with Crippen LogP contribution in [0.5, 0.6) is 5.75 Å². The molecular formula is C17H19NO4. The number of carboxylic acid groups (broad SMARTS) is 1. The molecule has 116 valence electrons. The lowest BCUT2D eigenvalue weighted by atomic mass is 10.1. The van der Waals surface area contributed by atoms with Crippen LogP contribution in [0.15, 0.2) is 42.5 Å². The summed E-state index contributed by atoms with van der Waals surface area (Å²) in [4.78, 5) is 22.9. The van der Waals surface area contributed by atoms with Crippen molar-refractivity contribution in [1.82, 2.24) is 5.32 Å². The van der Waals surface area contributed by atoms with Gasteiger partial charge in [-0.2, -0.15) is 0 Å². The van der Waals surface area contributed by atoms with E-state index in [4.69, 9.17) is 9.84 Å². The van der Waals surface area contributed by atoms with E-state index in [1.165, 1.54) is 0 Å². The van der Waals surface area contributed by atoms with Gasteiger partial charge in [0.1, 0.15) is 11.8 Å². The van der Waals surface area contributed by atoms with Crippen LogP contribution in [0.4, 0.5) is 0 Å². The van der Waals surface area contributed by atoms with Gasteiger partial charge in [0.15, 0.2) is 6.61 Å². The molecule has 1 atom stereocenters. The van der Waals surface area contributed by atoms with Gasteiger partial charge in [0, 0.05) is 5.39 Å². The average molecular weight is 301 g/mol. The lowest BCUT2D eigenvalue weighted by Gasteiger charge is -2.18. The monoisotopic (exact) mass is 301 g/mol. The molecule has 0 bridgehead atoms. The zero-order chi connectivity index (χ0) is 16.1. The van der Waals surface area contributed by atoms with Gasteiger partial charge < -0.3 is 15.2 Å². The molecular weight excluding hydrogens is 282 g/mol. The maximum atomic E-state index is 11.9. The number of aliphatic carboxylic acids is 1. The third kappa shape index (κ3) is 3.75. The summed E-state index contributed by atoms with van der Waals surface area (Å²) in [5, 5.41) is 13.5. The highest BCUT2D eigenvalue weighted by Gasteiger charge is 2.23. The molecule has 0 aliphatic carbocycles. The summed E-state index contributed by atoms with van der Waals surface area (Å²) < 4.78 is 5.54. The molecule has 0 heterocycles. The molecule has 0 aromatic heterocycles. The van der Waals surface area contributed by atoms with Crippen LogP contribution in [0.2, 0.25) is 0 Å². The quantitative estimate of drug-likeness (QED) is 0.859. The van der Waals surface area contributed by atoms with E-state index < -0.39 is 17.9 Å². The Labute approximate surface area is 128 Å². The second-order valence-corrected chi connectivity index (χ2v) is 5.39. The molecule has 5 heteroatoms. The Morgan fingerprint density at radius 1 is 1.14 bits per heavy atom. The van der Waals surface area contributed by atoms with E-state index in [2.05, 4.69) is 5.32 Å². The number of fused-ring (bicyclic) bond motifs is 1. The van der Waals surface area contributed by atoms with Crippen molar-refractivity contribution >= 4 is 22.6 Å². The summed E-state index contributed by atoms with van der Waals surface area (Å²) in [7, 11) is 0. The summed E-state index contributed by atoms with van der Waals surface area (Å²) >= 11 is 0. The van der Waals surface area contributed by atoms with Gasteiger partial charge in [-0.25, -0.2) is 4.79 Å². The Bertz CT molecular complexity index is 676. The third-order valence-electron chi connectivity index (χ3n) is 3.36. The van der Waals surface area contributed by atoms with E-state index in [0.717, 1.165) is 10.8 Å². The molecule has 2 aromatic carbocycles. The van der Waals surface area contributed by atoms with Gasteiger partial charge in [-0.1, -0.05) is 50.2 Å². The lowest BCUT2D eigenvalue weighted by molar-refractivity contribution is -0.143. The second kappa shape index (κ2) is 6.93. The minimum absolute atomic E-state index is 0.195. The number of amides is 1. The van der Waals surface area contributed by atoms with Crippen molar-refractivity contribution in [1.29, 1.82) is 0 Å². The summed E-state index contributed by atoms with van der Waals surface area (Å²) in [6.45, 7) is 3.26. The maximum absolute atomic E-state index is 11.9. The first-order valence-electron chi connectivity index (χ1n) is 7.11. The molecule has 22 heavy (non-hydrogen) atoms. The highest BCUT2D eigenvalue weighted by molar-refractivity contribution is 5.89. The fourth-order valence-corrected chi connectivity index (χ4v) is 2.19. The third-order valence-corrected chi connectivity index (χ3v) is 3.36. The molecule has 0 aliphatic heterocycles. The number of rotatable bonds is 6. The number of hydrogen-bond acceptors (Lipinski definition) is 3. The molecule has 0 saturated carbocycles. The van der Waals surface area contributed by atoms with Crippen molar-refractivity contribution in [3.8, 4) is 5.75 Å². The molecule has 1 amide bonds. The fourth-order valence-electron chi connectivity index (χ4n) is 2.19. The predicted octanol–water partition coefficient (Wildman–Crippen LogP) is 2.44. The Kier molecular flexibility index (Phi) is 4.99. The van der Waals surface area contributed by atoms with Crippen LogP contribution in [0.3, 0.4) is 0 Å². The van der Waals surface area contributed by atoms with Crippen LogP contribution in [0.25, 0.3) is 10.8 Å². The van der Waals surface area contributed by atoms with Crippen molar-refractivity contribution in [2.45, 2.75) is 19.9 Å². The van der Waals surface area contributed by atoms with Gasteiger partial charge in [0.25, 0.3) is 5.91 Å². The Balaban J connectivity index is 2.03. The molecule has 0 aliphatic rings. The van der Waals surface area contributed by atoms with E-state index in [1.54, 1.807) is 19.9 Å². The van der Waals surface area contributed by atoms with Gasteiger partial charge in [-0.05, 0) is 17.4 Å². The van der Waals surface area contributed by atoms with Gasteiger partial charge in [-0.15, -0.1) is 0 Å². The van der Waals surface area contributed by atoms with Crippen molar-refractivity contribution < 1.29 is 19.4 Å². The largest absolute Gasteiger partial charge is 0.483 e. The van der Waals surface area contributed by atoms with E-state index in [1.807, 2.05) is 36.4 Å². The minimum atomic E-state index is -1.05. The molecule has 2 N–H and O–H groups in total. The summed E-state index contributed by atoms with van der Waals surface area (Å²) in [5.41, 5.74) is 0. The normalized spacial score (nSPS) is 12.1. The average Bonchev–Trinajstić information content (AvgIpc) is 2.49. The molecule has 0 fully saturated rings. The highest BCUT2D eigenvalue weighted by Crippen LogP contribution is 2.24. The Morgan fingerprint density at radius 3 is 2.50 bits per heavy atom. The number of carbonyl (C=O) groups is 2. The molecule has 5 nitrogen and oxygen atoms in total. The van der Waals surface area contributed by atoms with E-state index in [-0.39, 0.29) is 12.5 Å². The molecule has 0 spiro atoms. The first-order chi connectivity index (χ1) is 10.5. The molecule has 0 radical (unpaired) electrons. The van der Waals surface area contributed by atoms with Crippen LogP contribution in [-0.2, 0) is 9.59 Å².